The number of fused-ring (bicyclic) bond motifs is 1. The van der Waals surface area contributed by atoms with Gasteiger partial charge in [-0.2, -0.15) is 0 Å². The van der Waals surface area contributed by atoms with Crippen molar-refractivity contribution in [2.45, 2.75) is 44.0 Å². The number of aliphatic hydroxyl groups excluding tert-OH is 1. The second-order valence-corrected chi connectivity index (χ2v) is 7.89. The number of benzene rings is 1. The van der Waals surface area contributed by atoms with E-state index in [1.807, 2.05) is 30.3 Å². The standard InChI is InChI=1S/C20H26N4O4S/c1-3-4-8-11-29-20-21-17-16(18(26)22-19(27)23(17)2)24(20)12-14(25)13-28-15-9-6-5-7-10-15/h5-7,9-10,14,25H,3-4,8,11-13H2,1-2H3,(H,22,26,27). The second kappa shape index (κ2) is 9.80. The number of ether oxygens (including phenoxy) is 1. The Kier molecular flexibility index (Phi) is 7.16. The number of aromatic amines is 1. The molecule has 0 bridgehead atoms. The highest BCUT2D eigenvalue weighted by atomic mass is 32.2. The molecule has 0 aliphatic heterocycles. The number of aromatic nitrogens is 4. The summed E-state index contributed by atoms with van der Waals surface area (Å²) in [7, 11) is 1.57. The average molecular weight is 419 g/mol. The normalized spacial score (nSPS) is 12.4. The number of thioether (sulfide) groups is 1. The van der Waals surface area contributed by atoms with E-state index in [1.54, 1.807) is 11.6 Å². The van der Waals surface area contributed by atoms with Gasteiger partial charge in [0.25, 0.3) is 5.56 Å². The topological polar surface area (TPSA) is 102 Å². The number of imidazole rings is 1. The Hall–Kier alpha value is -2.52. The predicted octanol–water partition coefficient (Wildman–Crippen LogP) is 2.15. The molecule has 156 valence electrons. The summed E-state index contributed by atoms with van der Waals surface area (Å²) in [5.41, 5.74) is -0.424. The van der Waals surface area contributed by atoms with E-state index in [1.165, 1.54) is 16.3 Å². The van der Waals surface area contributed by atoms with Crippen LogP contribution in [-0.2, 0) is 13.6 Å². The molecular weight excluding hydrogens is 392 g/mol. The molecule has 2 heterocycles. The van der Waals surface area contributed by atoms with Crippen LogP contribution in [0.5, 0.6) is 5.75 Å². The van der Waals surface area contributed by atoms with E-state index in [4.69, 9.17) is 4.74 Å². The van der Waals surface area contributed by atoms with Gasteiger partial charge in [-0.15, -0.1) is 0 Å². The Labute approximate surface area is 172 Å². The van der Waals surface area contributed by atoms with Gasteiger partial charge in [-0.05, 0) is 18.6 Å². The molecule has 0 fully saturated rings. The summed E-state index contributed by atoms with van der Waals surface area (Å²) in [5, 5.41) is 11.1. The molecule has 0 saturated carbocycles. The lowest BCUT2D eigenvalue weighted by Gasteiger charge is -2.15. The molecule has 1 atom stereocenters. The van der Waals surface area contributed by atoms with Crippen LogP contribution in [0.15, 0.2) is 45.1 Å². The Morgan fingerprint density at radius 1 is 1.24 bits per heavy atom. The highest BCUT2D eigenvalue weighted by Gasteiger charge is 2.20. The van der Waals surface area contributed by atoms with Crippen LogP contribution < -0.4 is 16.0 Å². The van der Waals surface area contributed by atoms with Crippen molar-refractivity contribution in [2.75, 3.05) is 12.4 Å². The molecule has 0 saturated heterocycles. The van der Waals surface area contributed by atoms with E-state index in [-0.39, 0.29) is 18.7 Å². The largest absolute Gasteiger partial charge is 0.491 e. The van der Waals surface area contributed by atoms with Gasteiger partial charge in [-0.3, -0.25) is 14.3 Å². The first-order valence-electron chi connectivity index (χ1n) is 9.69. The van der Waals surface area contributed by atoms with Crippen LogP contribution in [0.1, 0.15) is 26.2 Å². The van der Waals surface area contributed by atoms with E-state index in [2.05, 4.69) is 16.9 Å². The molecule has 9 heteroatoms. The minimum Gasteiger partial charge on any atom is -0.491 e. The van der Waals surface area contributed by atoms with Crippen molar-refractivity contribution in [1.82, 2.24) is 19.1 Å². The van der Waals surface area contributed by atoms with Crippen LogP contribution in [0.4, 0.5) is 0 Å². The molecule has 2 aromatic heterocycles. The Morgan fingerprint density at radius 2 is 2.00 bits per heavy atom. The number of H-pyrrole nitrogens is 1. The second-order valence-electron chi connectivity index (χ2n) is 6.83. The van der Waals surface area contributed by atoms with Crippen LogP contribution in [-0.4, -0.2) is 42.7 Å². The first-order chi connectivity index (χ1) is 14.0. The van der Waals surface area contributed by atoms with Crippen molar-refractivity contribution >= 4 is 22.9 Å². The summed E-state index contributed by atoms with van der Waals surface area (Å²) in [6, 6.07) is 9.23. The number of nitrogens with one attached hydrogen (secondary N) is 1. The first-order valence-corrected chi connectivity index (χ1v) is 10.7. The van der Waals surface area contributed by atoms with E-state index >= 15 is 0 Å². The maximum Gasteiger partial charge on any atom is 0.329 e. The van der Waals surface area contributed by atoms with Crippen molar-refractivity contribution in [3.63, 3.8) is 0 Å². The number of hydrogen-bond acceptors (Lipinski definition) is 6. The van der Waals surface area contributed by atoms with Gasteiger partial charge in [0.15, 0.2) is 16.3 Å². The van der Waals surface area contributed by atoms with Crippen molar-refractivity contribution in [3.8, 4) is 5.75 Å². The van der Waals surface area contributed by atoms with Gasteiger partial charge in [0.2, 0.25) is 0 Å². The summed E-state index contributed by atoms with van der Waals surface area (Å²) >= 11 is 1.52. The average Bonchev–Trinajstić information content (AvgIpc) is 3.07. The van der Waals surface area contributed by atoms with Crippen LogP contribution in [0.2, 0.25) is 0 Å². The van der Waals surface area contributed by atoms with Crippen molar-refractivity contribution < 1.29 is 9.84 Å². The van der Waals surface area contributed by atoms with Crippen LogP contribution >= 0.6 is 11.8 Å². The minimum absolute atomic E-state index is 0.0767. The molecule has 8 nitrogen and oxygen atoms in total. The van der Waals surface area contributed by atoms with Gasteiger partial charge in [0, 0.05) is 12.8 Å². The quantitative estimate of drug-likeness (QED) is 0.386. The molecule has 3 rings (SSSR count). The van der Waals surface area contributed by atoms with E-state index < -0.39 is 17.4 Å². The third-order valence-corrected chi connectivity index (χ3v) is 5.59. The van der Waals surface area contributed by atoms with Gasteiger partial charge in [0.1, 0.15) is 18.5 Å². The lowest BCUT2D eigenvalue weighted by Crippen LogP contribution is -2.30. The number of rotatable bonds is 10. The Balaban J connectivity index is 1.85. The van der Waals surface area contributed by atoms with Crippen molar-refractivity contribution in [2.24, 2.45) is 7.05 Å². The summed E-state index contributed by atoms with van der Waals surface area (Å²) in [4.78, 5) is 31.2. The number of hydrogen-bond donors (Lipinski definition) is 2. The third-order valence-electron chi connectivity index (χ3n) is 4.53. The maximum atomic E-state index is 12.5. The van der Waals surface area contributed by atoms with Crippen LogP contribution in [0.3, 0.4) is 0 Å². The van der Waals surface area contributed by atoms with Crippen LogP contribution in [0, 0.1) is 0 Å². The number of aryl methyl sites for hydroxylation is 1. The van der Waals surface area contributed by atoms with Gasteiger partial charge in [-0.25, -0.2) is 9.78 Å². The molecule has 1 aromatic carbocycles. The molecule has 0 aliphatic rings. The van der Waals surface area contributed by atoms with Gasteiger partial charge in [-0.1, -0.05) is 49.7 Å². The molecule has 1 unspecified atom stereocenters. The maximum absolute atomic E-state index is 12.5. The van der Waals surface area contributed by atoms with E-state index in [0.717, 1.165) is 25.0 Å². The number of aliphatic hydroxyl groups is 1. The fourth-order valence-electron chi connectivity index (χ4n) is 2.98. The Morgan fingerprint density at radius 3 is 2.72 bits per heavy atom. The number of unbranched alkanes of at least 4 members (excludes halogenated alkanes) is 2. The molecule has 0 spiro atoms. The summed E-state index contributed by atoms with van der Waals surface area (Å²) in [5.74, 6) is 1.51. The highest BCUT2D eigenvalue weighted by molar-refractivity contribution is 7.99. The lowest BCUT2D eigenvalue weighted by atomic mass is 10.3. The van der Waals surface area contributed by atoms with Gasteiger partial charge >= 0.3 is 5.69 Å². The molecule has 0 amide bonds. The lowest BCUT2D eigenvalue weighted by molar-refractivity contribution is 0.0914. The molecular formula is C20H26N4O4S. The zero-order chi connectivity index (χ0) is 20.8. The Bertz CT molecular complexity index is 1060. The summed E-state index contributed by atoms with van der Waals surface area (Å²) in [6.07, 6.45) is 2.40. The van der Waals surface area contributed by atoms with Gasteiger partial charge < -0.3 is 14.4 Å². The summed E-state index contributed by atoms with van der Waals surface area (Å²) < 4.78 is 8.62. The molecule has 0 aliphatic carbocycles. The molecule has 29 heavy (non-hydrogen) atoms. The monoisotopic (exact) mass is 418 g/mol. The van der Waals surface area contributed by atoms with Crippen LogP contribution in [0.25, 0.3) is 11.2 Å². The molecule has 3 aromatic rings. The van der Waals surface area contributed by atoms with Gasteiger partial charge in [0.05, 0.1) is 6.54 Å². The molecule has 2 N–H and O–H groups in total. The van der Waals surface area contributed by atoms with Crippen molar-refractivity contribution in [3.05, 3.63) is 51.2 Å². The zero-order valence-corrected chi connectivity index (χ0v) is 17.4. The smallest absolute Gasteiger partial charge is 0.329 e. The zero-order valence-electron chi connectivity index (χ0n) is 16.6. The molecule has 0 radical (unpaired) electrons. The number of para-hydroxylation sites is 1. The van der Waals surface area contributed by atoms with Crippen molar-refractivity contribution in [1.29, 1.82) is 0 Å². The first kappa shape index (κ1) is 21.2. The van der Waals surface area contributed by atoms with E-state index in [0.29, 0.717) is 16.6 Å². The predicted molar refractivity (Wildman–Crippen MR) is 114 cm³/mol. The third kappa shape index (κ3) is 5.10. The fourth-order valence-corrected chi connectivity index (χ4v) is 3.99. The SMILES string of the molecule is CCCCCSc1nc2c(c(=O)[nH]c(=O)n2C)n1CC(O)COc1ccccc1. The minimum atomic E-state index is -0.848. The fraction of sp³-hybridized carbons (Fsp3) is 0.450. The highest BCUT2D eigenvalue weighted by Crippen LogP contribution is 2.23. The number of nitrogens with zero attached hydrogens (tertiary/aromatic N) is 3. The summed E-state index contributed by atoms with van der Waals surface area (Å²) in [6.45, 7) is 2.35. The van der Waals surface area contributed by atoms with E-state index in [9.17, 15) is 14.7 Å².